The van der Waals surface area contributed by atoms with E-state index in [2.05, 4.69) is 10.1 Å². The molecule has 0 unspecified atom stereocenters. The highest BCUT2D eigenvalue weighted by atomic mass is 19.3. The molecular formula is C18H23F2NO3. The van der Waals surface area contributed by atoms with Gasteiger partial charge < -0.3 is 14.8 Å². The number of amides is 1. The number of rotatable bonds is 6. The number of carbonyl (C=O) groups is 1. The van der Waals surface area contributed by atoms with E-state index in [-0.39, 0.29) is 23.4 Å². The van der Waals surface area contributed by atoms with Crippen LogP contribution in [0, 0.1) is 0 Å². The maximum atomic E-state index is 12.3. The molecule has 0 saturated heterocycles. The molecule has 0 spiro atoms. The van der Waals surface area contributed by atoms with E-state index in [1.54, 1.807) is 18.2 Å². The van der Waals surface area contributed by atoms with Crippen LogP contribution in [-0.2, 0) is 4.79 Å². The van der Waals surface area contributed by atoms with Gasteiger partial charge in [0.05, 0.1) is 7.11 Å². The molecule has 24 heavy (non-hydrogen) atoms. The number of benzene rings is 1. The molecular weight excluding hydrogens is 316 g/mol. The number of methoxy groups -OCH3 is 1. The summed E-state index contributed by atoms with van der Waals surface area (Å²) < 4.78 is 34.0. The van der Waals surface area contributed by atoms with Gasteiger partial charge in [-0.3, -0.25) is 4.79 Å². The fourth-order valence-corrected chi connectivity index (χ4v) is 2.83. The summed E-state index contributed by atoms with van der Waals surface area (Å²) in [6, 6.07) is 4.78. The highest BCUT2D eigenvalue weighted by Gasteiger charge is 2.13. The molecule has 0 aliphatic heterocycles. The lowest BCUT2D eigenvalue weighted by Gasteiger charge is -2.14. The molecule has 2 rings (SSSR count). The van der Waals surface area contributed by atoms with Crippen molar-refractivity contribution < 1.29 is 23.0 Å². The smallest absolute Gasteiger partial charge is 0.387 e. The van der Waals surface area contributed by atoms with Crippen molar-refractivity contribution in [1.82, 2.24) is 5.32 Å². The first-order valence-electron chi connectivity index (χ1n) is 8.20. The van der Waals surface area contributed by atoms with Crippen LogP contribution in [0.15, 0.2) is 24.3 Å². The molecule has 1 aromatic rings. The standard InChI is InChI=1S/C18H23F2NO3/c1-23-16-12-13(8-10-15(16)24-18(19)20)9-11-17(22)21-14-6-4-2-3-5-7-14/h8-12,14,18H,2-7H2,1H3,(H,21,22)/b11-9+. The minimum absolute atomic E-state index is 0.0347. The van der Waals surface area contributed by atoms with Crippen LogP contribution in [0.2, 0.25) is 0 Å². The highest BCUT2D eigenvalue weighted by molar-refractivity contribution is 5.92. The number of carbonyl (C=O) groups excluding carboxylic acids is 1. The van der Waals surface area contributed by atoms with E-state index in [0.29, 0.717) is 5.56 Å². The number of hydrogen-bond acceptors (Lipinski definition) is 3. The summed E-state index contributed by atoms with van der Waals surface area (Å²) in [7, 11) is 1.37. The molecule has 132 valence electrons. The van der Waals surface area contributed by atoms with Gasteiger partial charge >= 0.3 is 6.61 Å². The SMILES string of the molecule is COc1cc(/C=C/C(=O)NC2CCCCCC2)ccc1OC(F)F. The zero-order valence-electron chi connectivity index (χ0n) is 13.8. The van der Waals surface area contributed by atoms with Gasteiger partial charge in [0.25, 0.3) is 0 Å². The van der Waals surface area contributed by atoms with Gasteiger partial charge in [-0.25, -0.2) is 0 Å². The summed E-state index contributed by atoms with van der Waals surface area (Å²) in [5, 5.41) is 3.01. The van der Waals surface area contributed by atoms with Crippen LogP contribution in [0.25, 0.3) is 6.08 Å². The lowest BCUT2D eigenvalue weighted by Crippen LogP contribution is -2.33. The zero-order chi connectivity index (χ0) is 17.4. The Bertz CT molecular complexity index is 567. The average Bonchev–Trinajstić information content (AvgIpc) is 2.82. The maximum absolute atomic E-state index is 12.3. The van der Waals surface area contributed by atoms with Crippen molar-refractivity contribution in [3.63, 3.8) is 0 Å². The van der Waals surface area contributed by atoms with Gasteiger partial charge in [-0.2, -0.15) is 8.78 Å². The molecule has 1 saturated carbocycles. The van der Waals surface area contributed by atoms with Gasteiger partial charge in [-0.1, -0.05) is 31.7 Å². The van der Waals surface area contributed by atoms with Gasteiger partial charge in [0.1, 0.15) is 0 Å². The van der Waals surface area contributed by atoms with Crippen molar-refractivity contribution in [1.29, 1.82) is 0 Å². The molecule has 1 aromatic carbocycles. The quantitative estimate of drug-likeness (QED) is 0.626. The zero-order valence-corrected chi connectivity index (χ0v) is 13.8. The Morgan fingerprint density at radius 3 is 2.54 bits per heavy atom. The van der Waals surface area contributed by atoms with Crippen LogP contribution in [-0.4, -0.2) is 25.7 Å². The molecule has 1 N–H and O–H groups in total. The number of ether oxygens (including phenoxy) is 2. The maximum Gasteiger partial charge on any atom is 0.387 e. The van der Waals surface area contributed by atoms with Crippen molar-refractivity contribution in [2.24, 2.45) is 0 Å². The second-order valence-corrected chi connectivity index (χ2v) is 5.82. The Labute approximate surface area is 140 Å². The number of hydrogen-bond donors (Lipinski definition) is 1. The summed E-state index contributed by atoms with van der Waals surface area (Å²) in [6.07, 6.45) is 9.88. The Morgan fingerprint density at radius 2 is 1.92 bits per heavy atom. The topological polar surface area (TPSA) is 47.6 Å². The largest absolute Gasteiger partial charge is 0.493 e. The molecule has 1 amide bonds. The third-order valence-corrected chi connectivity index (χ3v) is 4.03. The van der Waals surface area contributed by atoms with Crippen LogP contribution in [0.5, 0.6) is 11.5 Å². The van der Waals surface area contributed by atoms with Crippen molar-refractivity contribution >= 4 is 12.0 Å². The summed E-state index contributed by atoms with van der Waals surface area (Å²) in [5.41, 5.74) is 0.671. The van der Waals surface area contributed by atoms with Gasteiger partial charge in [-0.15, -0.1) is 0 Å². The third kappa shape index (κ3) is 5.83. The molecule has 0 bridgehead atoms. The second kappa shape index (κ2) is 9.25. The monoisotopic (exact) mass is 339 g/mol. The van der Waals surface area contributed by atoms with Crippen LogP contribution in [0.4, 0.5) is 8.78 Å². The summed E-state index contributed by atoms with van der Waals surface area (Å²) in [6.45, 7) is -2.91. The van der Waals surface area contributed by atoms with Gasteiger partial charge in [-0.05, 0) is 36.6 Å². The van der Waals surface area contributed by atoms with E-state index >= 15 is 0 Å². The highest BCUT2D eigenvalue weighted by Crippen LogP contribution is 2.29. The van der Waals surface area contributed by atoms with Crippen LogP contribution >= 0.6 is 0 Å². The molecule has 0 aromatic heterocycles. The Balaban J connectivity index is 1.96. The van der Waals surface area contributed by atoms with Crippen molar-refractivity contribution in [2.45, 2.75) is 51.2 Å². The van der Waals surface area contributed by atoms with E-state index in [1.807, 2.05) is 0 Å². The summed E-state index contributed by atoms with van der Waals surface area (Å²) in [5.74, 6) is 0.0166. The molecule has 1 fully saturated rings. The number of nitrogens with one attached hydrogen (secondary N) is 1. The normalized spacial score (nSPS) is 16.2. The number of halogens is 2. The first-order valence-corrected chi connectivity index (χ1v) is 8.20. The molecule has 6 heteroatoms. The van der Waals surface area contributed by atoms with Gasteiger partial charge in [0, 0.05) is 12.1 Å². The fourth-order valence-electron chi connectivity index (χ4n) is 2.83. The molecule has 1 aliphatic carbocycles. The fraction of sp³-hybridized carbons (Fsp3) is 0.500. The minimum Gasteiger partial charge on any atom is -0.493 e. The Kier molecular flexibility index (Phi) is 7.03. The predicted molar refractivity (Wildman–Crippen MR) is 88.3 cm³/mol. The minimum atomic E-state index is -2.91. The van der Waals surface area contributed by atoms with Gasteiger partial charge in [0.2, 0.25) is 5.91 Å². The van der Waals surface area contributed by atoms with Crippen LogP contribution in [0.3, 0.4) is 0 Å². The van der Waals surface area contributed by atoms with Crippen molar-refractivity contribution in [3.8, 4) is 11.5 Å². The summed E-state index contributed by atoms with van der Waals surface area (Å²) >= 11 is 0. The average molecular weight is 339 g/mol. The molecule has 4 nitrogen and oxygen atoms in total. The van der Waals surface area contributed by atoms with E-state index in [1.165, 1.54) is 32.1 Å². The first-order chi connectivity index (χ1) is 11.6. The Morgan fingerprint density at radius 1 is 1.21 bits per heavy atom. The second-order valence-electron chi connectivity index (χ2n) is 5.82. The first kappa shape index (κ1) is 18.2. The Hall–Kier alpha value is -2.11. The molecule has 0 heterocycles. The molecule has 0 radical (unpaired) electrons. The van der Waals surface area contributed by atoms with Crippen molar-refractivity contribution in [2.75, 3.05) is 7.11 Å². The van der Waals surface area contributed by atoms with E-state index in [4.69, 9.17) is 4.74 Å². The summed E-state index contributed by atoms with van der Waals surface area (Å²) in [4.78, 5) is 12.0. The molecule has 0 atom stereocenters. The third-order valence-electron chi connectivity index (χ3n) is 4.03. The van der Waals surface area contributed by atoms with Crippen molar-refractivity contribution in [3.05, 3.63) is 29.8 Å². The lowest BCUT2D eigenvalue weighted by molar-refractivity contribution is -0.117. The lowest BCUT2D eigenvalue weighted by atomic mass is 10.1. The van der Waals surface area contributed by atoms with E-state index in [0.717, 1.165) is 25.7 Å². The predicted octanol–water partition coefficient (Wildman–Crippen LogP) is 4.15. The number of alkyl halides is 2. The van der Waals surface area contributed by atoms with Gasteiger partial charge in [0.15, 0.2) is 11.5 Å². The van der Waals surface area contributed by atoms with E-state index in [9.17, 15) is 13.6 Å². The van der Waals surface area contributed by atoms with E-state index < -0.39 is 6.61 Å². The van der Waals surface area contributed by atoms with Crippen LogP contribution < -0.4 is 14.8 Å². The van der Waals surface area contributed by atoms with Crippen LogP contribution in [0.1, 0.15) is 44.1 Å². The molecule has 1 aliphatic rings.